The summed E-state index contributed by atoms with van der Waals surface area (Å²) in [5, 5.41) is 15.0. The highest BCUT2D eigenvalue weighted by molar-refractivity contribution is 6.04. The third kappa shape index (κ3) is 5.15. The van der Waals surface area contributed by atoms with E-state index in [0.717, 1.165) is 30.3 Å². The van der Waals surface area contributed by atoms with Crippen LogP contribution in [-0.4, -0.2) is 42.2 Å². The van der Waals surface area contributed by atoms with Crippen LogP contribution in [0.25, 0.3) is 0 Å². The molecule has 0 atom stereocenters. The molecule has 0 radical (unpaired) electrons. The quantitative estimate of drug-likeness (QED) is 0.659. The highest BCUT2D eigenvalue weighted by Gasteiger charge is 2.14. The standard InChI is InChI=1S/C23H22N6O2/c1-16-13-21(29-9-11-31-12-10-29)28-23(25-16)27-20-7-5-19(6-8-20)26-22(30)18-4-2-3-17(14-18)15-24/h2-8,13-14H,9-12H2,1H3,(H,26,30)(H,25,27,28). The van der Waals surface area contributed by atoms with Crippen LogP contribution in [0.15, 0.2) is 54.6 Å². The minimum atomic E-state index is -0.269. The number of nitriles is 1. The fourth-order valence-corrected chi connectivity index (χ4v) is 3.26. The van der Waals surface area contributed by atoms with Crippen LogP contribution in [0, 0.1) is 18.3 Å². The molecule has 0 aliphatic carbocycles. The Hall–Kier alpha value is -3.96. The van der Waals surface area contributed by atoms with Crippen molar-refractivity contribution in [3.63, 3.8) is 0 Å². The Kier molecular flexibility index (Phi) is 6.05. The Morgan fingerprint density at radius 3 is 2.55 bits per heavy atom. The average molecular weight is 414 g/mol. The third-order valence-electron chi connectivity index (χ3n) is 4.83. The normalized spacial score (nSPS) is 13.4. The van der Waals surface area contributed by atoms with Gasteiger partial charge < -0.3 is 20.3 Å². The molecular weight excluding hydrogens is 392 g/mol. The number of hydrogen-bond donors (Lipinski definition) is 2. The maximum absolute atomic E-state index is 12.4. The van der Waals surface area contributed by atoms with Gasteiger partial charge in [-0.1, -0.05) is 6.07 Å². The number of aromatic nitrogens is 2. The number of aryl methyl sites for hydroxylation is 1. The number of nitrogens with one attached hydrogen (secondary N) is 2. The fraction of sp³-hybridized carbons (Fsp3) is 0.217. The van der Waals surface area contributed by atoms with Gasteiger partial charge in [0.15, 0.2) is 0 Å². The molecule has 4 rings (SSSR count). The van der Waals surface area contributed by atoms with Gasteiger partial charge in [-0.25, -0.2) is 4.98 Å². The molecule has 2 N–H and O–H groups in total. The van der Waals surface area contributed by atoms with Gasteiger partial charge in [0.25, 0.3) is 5.91 Å². The molecule has 0 bridgehead atoms. The Morgan fingerprint density at radius 2 is 1.81 bits per heavy atom. The summed E-state index contributed by atoms with van der Waals surface area (Å²) < 4.78 is 5.41. The number of benzene rings is 2. The van der Waals surface area contributed by atoms with Crippen LogP contribution in [0.4, 0.5) is 23.1 Å². The molecule has 2 aromatic carbocycles. The van der Waals surface area contributed by atoms with E-state index in [2.05, 4.69) is 25.5 Å². The number of morpholine rings is 1. The maximum atomic E-state index is 12.4. The van der Waals surface area contributed by atoms with E-state index in [-0.39, 0.29) is 5.91 Å². The van der Waals surface area contributed by atoms with E-state index in [1.807, 2.05) is 31.2 Å². The molecule has 31 heavy (non-hydrogen) atoms. The Balaban J connectivity index is 1.43. The van der Waals surface area contributed by atoms with E-state index in [4.69, 9.17) is 10.00 Å². The third-order valence-corrected chi connectivity index (χ3v) is 4.83. The highest BCUT2D eigenvalue weighted by Crippen LogP contribution is 2.21. The zero-order valence-corrected chi connectivity index (χ0v) is 17.1. The molecule has 1 saturated heterocycles. The highest BCUT2D eigenvalue weighted by atomic mass is 16.5. The van der Waals surface area contributed by atoms with Crippen molar-refractivity contribution in [2.45, 2.75) is 6.92 Å². The SMILES string of the molecule is Cc1cc(N2CCOCC2)nc(Nc2ccc(NC(=O)c3cccc(C#N)c3)cc2)n1. The van der Waals surface area contributed by atoms with Crippen LogP contribution in [0.1, 0.15) is 21.6 Å². The van der Waals surface area contributed by atoms with E-state index in [1.165, 1.54) is 0 Å². The second kappa shape index (κ2) is 9.24. The lowest BCUT2D eigenvalue weighted by Crippen LogP contribution is -2.36. The second-order valence-electron chi connectivity index (χ2n) is 7.14. The zero-order chi connectivity index (χ0) is 21.6. The number of carbonyl (C=O) groups excluding carboxylic acids is 1. The van der Waals surface area contributed by atoms with Gasteiger partial charge in [-0.2, -0.15) is 10.2 Å². The van der Waals surface area contributed by atoms with Gasteiger partial charge in [0.05, 0.1) is 24.8 Å². The summed E-state index contributed by atoms with van der Waals surface area (Å²) >= 11 is 0. The van der Waals surface area contributed by atoms with Crippen molar-refractivity contribution in [2.24, 2.45) is 0 Å². The number of amides is 1. The molecular formula is C23H22N6O2. The van der Waals surface area contributed by atoms with Gasteiger partial charge in [0.2, 0.25) is 5.95 Å². The molecule has 1 amide bonds. The van der Waals surface area contributed by atoms with E-state index in [1.54, 1.807) is 36.4 Å². The van der Waals surface area contributed by atoms with Crippen LogP contribution in [-0.2, 0) is 4.74 Å². The average Bonchev–Trinajstić information content (AvgIpc) is 2.80. The Bertz CT molecular complexity index is 1120. The zero-order valence-electron chi connectivity index (χ0n) is 17.1. The summed E-state index contributed by atoms with van der Waals surface area (Å²) in [6, 6.07) is 17.9. The number of carbonyl (C=O) groups is 1. The van der Waals surface area contributed by atoms with Crippen molar-refractivity contribution in [2.75, 3.05) is 41.8 Å². The van der Waals surface area contributed by atoms with E-state index in [0.29, 0.717) is 36.0 Å². The van der Waals surface area contributed by atoms with Crippen molar-refractivity contribution >= 4 is 29.0 Å². The first kappa shape index (κ1) is 20.3. The van der Waals surface area contributed by atoms with Crippen LogP contribution >= 0.6 is 0 Å². The number of hydrogen-bond acceptors (Lipinski definition) is 7. The predicted molar refractivity (Wildman–Crippen MR) is 119 cm³/mol. The van der Waals surface area contributed by atoms with Crippen molar-refractivity contribution in [1.82, 2.24) is 9.97 Å². The molecule has 0 saturated carbocycles. The monoisotopic (exact) mass is 414 g/mol. The first-order valence-electron chi connectivity index (χ1n) is 9.98. The van der Waals surface area contributed by atoms with Crippen molar-refractivity contribution < 1.29 is 9.53 Å². The smallest absolute Gasteiger partial charge is 0.255 e. The summed E-state index contributed by atoms with van der Waals surface area (Å²) in [4.78, 5) is 23.7. The first-order valence-corrected chi connectivity index (χ1v) is 9.98. The summed E-state index contributed by atoms with van der Waals surface area (Å²) in [7, 11) is 0. The summed E-state index contributed by atoms with van der Waals surface area (Å²) in [6.45, 7) is 4.94. The van der Waals surface area contributed by atoms with Gasteiger partial charge >= 0.3 is 0 Å². The van der Waals surface area contributed by atoms with Gasteiger partial charge in [0, 0.05) is 41.8 Å². The number of rotatable bonds is 5. The molecule has 1 aliphatic rings. The Labute approximate surface area is 180 Å². The predicted octanol–water partition coefficient (Wildman–Crippen LogP) is 3.49. The van der Waals surface area contributed by atoms with Crippen LogP contribution in [0.2, 0.25) is 0 Å². The van der Waals surface area contributed by atoms with Crippen LogP contribution in [0.5, 0.6) is 0 Å². The van der Waals surface area contributed by atoms with Crippen LogP contribution < -0.4 is 15.5 Å². The van der Waals surface area contributed by atoms with Gasteiger partial charge in [-0.15, -0.1) is 0 Å². The lowest BCUT2D eigenvalue weighted by atomic mass is 10.1. The summed E-state index contributed by atoms with van der Waals surface area (Å²) in [6.07, 6.45) is 0. The van der Waals surface area contributed by atoms with E-state index < -0.39 is 0 Å². The van der Waals surface area contributed by atoms with E-state index in [9.17, 15) is 4.79 Å². The minimum Gasteiger partial charge on any atom is -0.378 e. The number of nitrogens with zero attached hydrogens (tertiary/aromatic N) is 4. The van der Waals surface area contributed by atoms with E-state index >= 15 is 0 Å². The Morgan fingerprint density at radius 1 is 1.06 bits per heavy atom. The van der Waals surface area contributed by atoms with Crippen molar-refractivity contribution in [3.05, 3.63) is 71.4 Å². The molecule has 156 valence electrons. The molecule has 2 heterocycles. The van der Waals surface area contributed by atoms with Crippen molar-refractivity contribution in [1.29, 1.82) is 5.26 Å². The first-order chi connectivity index (χ1) is 15.1. The maximum Gasteiger partial charge on any atom is 0.255 e. The minimum absolute atomic E-state index is 0.269. The largest absolute Gasteiger partial charge is 0.378 e. The fourth-order valence-electron chi connectivity index (χ4n) is 3.26. The topological polar surface area (TPSA) is 103 Å². The molecule has 1 aromatic heterocycles. The molecule has 0 spiro atoms. The lowest BCUT2D eigenvalue weighted by Gasteiger charge is -2.28. The van der Waals surface area contributed by atoms with Gasteiger partial charge in [-0.05, 0) is 49.4 Å². The van der Waals surface area contributed by atoms with Crippen molar-refractivity contribution in [3.8, 4) is 6.07 Å². The lowest BCUT2D eigenvalue weighted by molar-refractivity contribution is 0.102. The van der Waals surface area contributed by atoms with Crippen LogP contribution in [0.3, 0.4) is 0 Å². The summed E-state index contributed by atoms with van der Waals surface area (Å²) in [5.41, 5.74) is 3.22. The van der Waals surface area contributed by atoms with Gasteiger partial charge in [0.1, 0.15) is 5.82 Å². The molecule has 1 fully saturated rings. The molecule has 3 aromatic rings. The molecule has 8 heteroatoms. The number of anilines is 4. The summed E-state index contributed by atoms with van der Waals surface area (Å²) in [5.74, 6) is 1.13. The second-order valence-corrected chi connectivity index (χ2v) is 7.14. The molecule has 1 aliphatic heterocycles. The molecule has 0 unspecified atom stereocenters. The number of ether oxygens (including phenoxy) is 1. The molecule has 8 nitrogen and oxygen atoms in total. The van der Waals surface area contributed by atoms with Gasteiger partial charge in [-0.3, -0.25) is 4.79 Å².